The van der Waals surface area contributed by atoms with Crippen molar-refractivity contribution in [2.45, 2.75) is 235 Å². The van der Waals surface area contributed by atoms with E-state index in [9.17, 15) is 52.7 Å². The number of anilines is 3. The molecule has 714 valence electrons. The Bertz CT molecular complexity index is 5090. The van der Waals surface area contributed by atoms with Gasteiger partial charge < -0.3 is 77.3 Å². The third kappa shape index (κ3) is 23.2. The van der Waals surface area contributed by atoms with Gasteiger partial charge in [0, 0.05) is 128 Å². The van der Waals surface area contributed by atoms with Crippen LogP contribution in [-0.2, 0) is 55.0 Å². The van der Waals surface area contributed by atoms with Crippen molar-refractivity contribution in [3.8, 4) is 0 Å². The van der Waals surface area contributed by atoms with Gasteiger partial charge in [-0.1, -0.05) is 44.1 Å². The molecule has 3 saturated heterocycles. The summed E-state index contributed by atoms with van der Waals surface area (Å²) in [6.07, 6.45) is 11.2. The van der Waals surface area contributed by atoms with Gasteiger partial charge in [0.2, 0.25) is 53.2 Å². The molecule has 3 aromatic carbocycles. The number of unbranched alkanes of at least 4 members (excludes halogenated alkanes) is 1. The number of amides is 12. The fourth-order valence-electron chi connectivity index (χ4n) is 20.2. The molecule has 3 unspecified atom stereocenters. The molecule has 0 radical (unpaired) electrons. The second kappa shape index (κ2) is 41.0. The van der Waals surface area contributed by atoms with Gasteiger partial charge in [0.25, 0.3) is 17.7 Å². The molecule has 9 N–H and O–H groups in total. The molecule has 0 spiro atoms. The lowest BCUT2D eigenvalue weighted by Crippen LogP contribution is -2.58. The predicted octanol–water partition coefficient (Wildman–Crippen LogP) is 8.07. The van der Waals surface area contributed by atoms with Crippen LogP contribution in [0.5, 0.6) is 0 Å². The zero-order chi connectivity index (χ0) is 94.0. The molecule has 10 fully saturated rings. The van der Waals surface area contributed by atoms with Crippen LogP contribution >= 0.6 is 0 Å². The predicted molar refractivity (Wildman–Crippen MR) is 481 cm³/mol. The van der Waals surface area contributed by atoms with E-state index in [-0.39, 0.29) is 156 Å². The van der Waals surface area contributed by atoms with Crippen molar-refractivity contribution in [3.63, 3.8) is 0 Å². The van der Waals surface area contributed by atoms with Gasteiger partial charge in [0.05, 0.1) is 17.1 Å². The zero-order valence-corrected chi connectivity index (χ0v) is 77.3. The molecular formula is C96H129F4N19O13. The summed E-state index contributed by atoms with van der Waals surface area (Å²) in [7, 11) is 7.49. The van der Waals surface area contributed by atoms with Crippen LogP contribution in [0, 0.1) is 83.6 Å². The first-order valence-corrected chi connectivity index (χ1v) is 47.6. The highest BCUT2D eigenvalue weighted by molar-refractivity contribution is 6.03. The monoisotopic (exact) mass is 1830 g/mol. The molecule has 12 amide bonds. The Morgan fingerprint density at radius 3 is 1.23 bits per heavy atom. The first-order chi connectivity index (χ1) is 63.1. The molecule has 14 atom stereocenters. The average molecular weight is 1830 g/mol. The van der Waals surface area contributed by atoms with Gasteiger partial charge in [-0.25, -0.2) is 22.2 Å². The number of nitrogens with zero attached hydrogens (tertiary/aromatic N) is 10. The van der Waals surface area contributed by atoms with Crippen molar-refractivity contribution in [1.29, 1.82) is 0 Å². The summed E-state index contributed by atoms with van der Waals surface area (Å²) in [5.74, 6) is -11.9. The summed E-state index contributed by atoms with van der Waals surface area (Å²) in [6.45, 7) is 15.1. The topological polar surface area (TPSA) is 389 Å². The Kier molecular flexibility index (Phi) is 29.8. The molecule has 36 heteroatoms. The third-order valence-corrected chi connectivity index (χ3v) is 29.9. The minimum Gasteiger partial charge on any atom is -0.344 e. The van der Waals surface area contributed by atoms with E-state index in [0.29, 0.717) is 108 Å². The van der Waals surface area contributed by atoms with E-state index in [0.717, 1.165) is 51.4 Å². The van der Waals surface area contributed by atoms with E-state index in [4.69, 9.17) is 4.63 Å². The van der Waals surface area contributed by atoms with E-state index in [2.05, 4.69) is 78.0 Å². The summed E-state index contributed by atoms with van der Waals surface area (Å²) in [5, 5.41) is 37.4. The minimum absolute atomic E-state index is 0.00992. The van der Waals surface area contributed by atoms with Gasteiger partial charge in [-0.3, -0.25) is 62.2 Å². The average Bonchev–Trinajstić information content (AvgIpc) is 1.71. The largest absolute Gasteiger partial charge is 0.344 e. The molecule has 7 saturated carbocycles. The second-order valence-corrected chi connectivity index (χ2v) is 39.7. The van der Waals surface area contributed by atoms with E-state index in [1.165, 1.54) is 54.2 Å². The van der Waals surface area contributed by atoms with Crippen molar-refractivity contribution in [2.75, 3.05) is 103 Å². The molecular weight excluding hydrogens is 1700 g/mol. The number of hydrogen-bond donors (Lipinski definition) is 9. The quantitative estimate of drug-likeness (QED) is 0.0132. The minimum atomic E-state index is -2.02. The number of likely N-dealkylation sites (N-methyl/N-ethyl adjacent to an activating group) is 3. The van der Waals surface area contributed by atoms with Crippen LogP contribution in [0.2, 0.25) is 0 Å². The lowest BCUT2D eigenvalue weighted by molar-refractivity contribution is -0.139. The second-order valence-electron chi connectivity index (χ2n) is 39.7. The van der Waals surface area contributed by atoms with Gasteiger partial charge in [0.1, 0.15) is 65.1 Å². The number of halogens is 4. The maximum absolute atomic E-state index is 17.1. The standard InChI is InChI=1S/C96H129F4N19O13/c1-51-49-118(43-39-114(51)8)93(129)81(54(4)63-26-30-71(68(98)47-63)103-90(126)85(110-95(131)96(100)34-35-96)78(59-19-20-59)60-21-22-60)105-74(120)13-11-12-14-75(121)106-82(94(130)119-44-40-115(9)52(2)50-119)55(5)64-27-31-72(69(99)48-64)104-91(127)86(109-88(124)83-56(6)111-132-112-83)79(61-23-24-61)66-45-65(66)28-32-76(122)107-80(92(128)117-41-37-113(7)38-42-117)53(3)62-25-29-70(67(97)46-62)102-89(125)84(77(57-15-16-57)58-17-18-58)108-87(123)73-33-36-101-116(73)10/h25-27,29-31,33,36,46-48,51-55,57-61,65-66,77-82,84-86H,11-24,28,32,34-35,37-45,49-50H2,1-10H3,(H,102,125)(H,103,126)(H,104,127)(H,105,120)(H,106,121)(H,107,122)(H,108,123)(H,109,124)(H,110,131)/t51-,52-,53+,54+,55+,65?,66?,79?,80-,81-,82-,84+,85+,86+/m1/s1. The Morgan fingerprint density at radius 1 is 0.462 bits per heavy atom. The van der Waals surface area contributed by atoms with Crippen LogP contribution in [0.4, 0.5) is 34.6 Å². The number of aromatic nitrogens is 4. The van der Waals surface area contributed by atoms with Crippen molar-refractivity contribution < 1.29 is 79.7 Å². The fourth-order valence-corrected chi connectivity index (χ4v) is 20.2. The fraction of sp³-hybridized carbons (Fsp3) is 0.635. The Labute approximate surface area is 767 Å². The lowest BCUT2D eigenvalue weighted by Gasteiger charge is -2.40. The van der Waals surface area contributed by atoms with Crippen LogP contribution in [0.25, 0.3) is 0 Å². The molecule has 2 aromatic heterocycles. The number of benzene rings is 3. The molecule has 5 aromatic rings. The molecule has 3 aliphatic heterocycles. The molecule has 10 aliphatic rings. The number of hydrogen-bond acceptors (Lipinski definition) is 19. The highest BCUT2D eigenvalue weighted by Gasteiger charge is 2.57. The molecule has 5 heterocycles. The van der Waals surface area contributed by atoms with E-state index in [1.54, 1.807) is 66.8 Å². The maximum atomic E-state index is 17.1. The highest BCUT2D eigenvalue weighted by atomic mass is 19.1. The van der Waals surface area contributed by atoms with Crippen molar-refractivity contribution >= 4 is 87.9 Å². The van der Waals surface area contributed by atoms with Crippen molar-refractivity contribution in [2.24, 2.45) is 66.2 Å². The smallest absolute Gasteiger partial charge is 0.276 e. The normalized spacial score (nSPS) is 22.7. The van der Waals surface area contributed by atoms with Crippen LogP contribution in [0.15, 0.2) is 71.5 Å². The molecule has 32 nitrogen and oxygen atoms in total. The van der Waals surface area contributed by atoms with Gasteiger partial charge in [0.15, 0.2) is 11.4 Å². The molecule has 15 rings (SSSR count). The van der Waals surface area contributed by atoms with Gasteiger partial charge >= 0.3 is 0 Å². The summed E-state index contributed by atoms with van der Waals surface area (Å²) in [4.78, 5) is 183. The van der Waals surface area contributed by atoms with Gasteiger partial charge in [-0.05, 0) is 268 Å². The summed E-state index contributed by atoms with van der Waals surface area (Å²) in [5.41, 5.74) is -1.24. The van der Waals surface area contributed by atoms with Gasteiger partial charge in [-0.15, -0.1) is 0 Å². The van der Waals surface area contributed by atoms with Crippen molar-refractivity contribution in [1.82, 2.24) is 81.4 Å². The summed E-state index contributed by atoms with van der Waals surface area (Å²) < 4.78 is 71.5. The van der Waals surface area contributed by atoms with E-state index in [1.807, 2.05) is 35.0 Å². The number of carbonyl (C=O) groups excluding carboxylic acids is 12. The zero-order valence-electron chi connectivity index (χ0n) is 77.3. The Balaban J connectivity index is 0.584. The number of rotatable bonds is 41. The first kappa shape index (κ1) is 95.8. The SMILES string of the molecule is Cc1nonc1C(=O)N[C@H](C(=O)Nc1ccc([C@H](C)[C@@H](NC(=O)CCCCC(=O)N[C@@H](C(=O)N2CCN(C)[C@H](C)C2)[C@@H](C)c2ccc(NC(=O)[C@@H](NC(=O)C3(F)CC3)C(C3CC3)C3CC3)c(F)c2)C(=O)N2CCN(C)[C@H](C)C2)cc1F)C(C1CC1)C1CC1CCC(=O)N[C@@H](C(=O)N1CCN(C)CC1)[C@@H](C)c1ccc(NC(=O)[C@@H](NC(=O)c2ccnn2C)C(C2CC2)C2CC2)c(F)c1. The third-order valence-electron chi connectivity index (χ3n) is 29.9. The number of carbonyl (C=O) groups is 12. The number of nitrogens with one attached hydrogen (secondary N) is 9. The maximum Gasteiger partial charge on any atom is 0.276 e. The number of aryl methyl sites for hydroxylation is 2. The Morgan fingerprint density at radius 2 is 0.848 bits per heavy atom. The molecule has 0 bridgehead atoms. The summed E-state index contributed by atoms with van der Waals surface area (Å²) in [6, 6.07) is 7.29. The summed E-state index contributed by atoms with van der Waals surface area (Å²) >= 11 is 0. The molecule has 7 aliphatic carbocycles. The van der Waals surface area contributed by atoms with Crippen LogP contribution in [0.1, 0.15) is 218 Å². The van der Waals surface area contributed by atoms with E-state index < -0.39 is 142 Å². The number of alkyl halides is 1. The number of piperazine rings is 3. The van der Waals surface area contributed by atoms with Crippen molar-refractivity contribution in [3.05, 3.63) is 118 Å². The Hall–Kier alpha value is -10.8. The highest BCUT2D eigenvalue weighted by Crippen LogP contribution is 2.57. The lowest BCUT2D eigenvalue weighted by atomic mass is 9.86. The van der Waals surface area contributed by atoms with Crippen LogP contribution in [-0.4, -0.2) is 261 Å². The molecule has 132 heavy (non-hydrogen) atoms. The first-order valence-electron chi connectivity index (χ1n) is 47.6. The van der Waals surface area contributed by atoms with Crippen LogP contribution < -0.4 is 47.9 Å². The van der Waals surface area contributed by atoms with E-state index >= 15 is 22.4 Å². The van der Waals surface area contributed by atoms with Gasteiger partial charge in [-0.2, -0.15) is 5.10 Å². The van der Waals surface area contributed by atoms with Crippen LogP contribution in [0.3, 0.4) is 0 Å².